The number of fused-ring (bicyclic) bond motifs is 2. The lowest BCUT2D eigenvalue weighted by molar-refractivity contribution is 0.0994. The fourth-order valence-corrected chi connectivity index (χ4v) is 3.91. The van der Waals surface area contributed by atoms with Gasteiger partial charge in [-0.25, -0.2) is 0 Å². The Morgan fingerprint density at radius 1 is 0.941 bits per heavy atom. The van der Waals surface area contributed by atoms with Crippen molar-refractivity contribution in [1.29, 1.82) is 0 Å². The first-order chi connectivity index (χ1) is 7.81. The number of rotatable bonds is 0. The van der Waals surface area contributed by atoms with Crippen LogP contribution in [-0.4, -0.2) is 5.78 Å². The number of ketones is 1. The summed E-state index contributed by atoms with van der Waals surface area (Å²) in [6.45, 7) is 9.24. The molecule has 1 aromatic carbocycles. The summed E-state index contributed by atoms with van der Waals surface area (Å²) in [5.41, 5.74) is 5.59. The SMILES string of the molecule is CC1(C)CC(C)(C)c2cc3c(cc21)CCC3=O. The molecule has 0 saturated carbocycles. The lowest BCUT2D eigenvalue weighted by atomic mass is 9.82. The molecule has 0 saturated heterocycles. The first-order valence-electron chi connectivity index (χ1n) is 6.52. The zero-order valence-corrected chi connectivity index (χ0v) is 11.2. The zero-order chi connectivity index (χ0) is 12.4. The highest BCUT2D eigenvalue weighted by Crippen LogP contribution is 2.50. The molecule has 0 N–H and O–H groups in total. The fraction of sp³-hybridized carbons (Fsp3) is 0.562. The first-order valence-corrected chi connectivity index (χ1v) is 6.52. The van der Waals surface area contributed by atoms with Crippen LogP contribution in [0.1, 0.15) is 67.6 Å². The van der Waals surface area contributed by atoms with E-state index in [1.54, 1.807) is 0 Å². The van der Waals surface area contributed by atoms with E-state index in [0.29, 0.717) is 12.2 Å². The molecule has 1 aromatic rings. The third kappa shape index (κ3) is 1.41. The Labute approximate surface area is 103 Å². The molecule has 0 atom stereocenters. The molecule has 17 heavy (non-hydrogen) atoms. The van der Waals surface area contributed by atoms with E-state index in [1.807, 2.05) is 0 Å². The summed E-state index contributed by atoms with van der Waals surface area (Å²) < 4.78 is 0. The molecule has 90 valence electrons. The number of Topliss-reactive ketones (excluding diaryl/α,β-unsaturated/α-hetero) is 1. The molecule has 1 nitrogen and oxygen atoms in total. The van der Waals surface area contributed by atoms with Gasteiger partial charge in [0.15, 0.2) is 5.78 Å². The van der Waals surface area contributed by atoms with E-state index in [1.165, 1.54) is 23.1 Å². The van der Waals surface area contributed by atoms with E-state index >= 15 is 0 Å². The van der Waals surface area contributed by atoms with Crippen molar-refractivity contribution in [1.82, 2.24) is 0 Å². The summed E-state index contributed by atoms with van der Waals surface area (Å²) >= 11 is 0. The second-order valence-corrected chi connectivity index (χ2v) is 6.92. The van der Waals surface area contributed by atoms with Gasteiger partial charge in [-0.1, -0.05) is 33.8 Å². The minimum absolute atomic E-state index is 0.205. The summed E-state index contributed by atoms with van der Waals surface area (Å²) in [7, 11) is 0. The van der Waals surface area contributed by atoms with Gasteiger partial charge in [-0.2, -0.15) is 0 Å². The summed E-state index contributed by atoms with van der Waals surface area (Å²) in [4.78, 5) is 11.8. The maximum Gasteiger partial charge on any atom is 0.163 e. The Morgan fingerprint density at radius 2 is 1.53 bits per heavy atom. The van der Waals surface area contributed by atoms with Gasteiger partial charge in [-0.3, -0.25) is 4.79 Å². The highest BCUT2D eigenvalue weighted by molar-refractivity contribution is 6.00. The van der Waals surface area contributed by atoms with Crippen molar-refractivity contribution >= 4 is 5.78 Å². The van der Waals surface area contributed by atoms with Crippen LogP contribution in [0.4, 0.5) is 0 Å². The van der Waals surface area contributed by atoms with E-state index < -0.39 is 0 Å². The largest absolute Gasteiger partial charge is 0.294 e. The van der Waals surface area contributed by atoms with Crippen LogP contribution in [0, 0.1) is 0 Å². The normalized spacial score (nSPS) is 23.6. The second-order valence-electron chi connectivity index (χ2n) is 6.92. The third-order valence-corrected chi connectivity index (χ3v) is 4.51. The van der Waals surface area contributed by atoms with Crippen molar-refractivity contribution < 1.29 is 4.79 Å². The van der Waals surface area contributed by atoms with Crippen molar-refractivity contribution in [2.75, 3.05) is 0 Å². The van der Waals surface area contributed by atoms with Crippen LogP contribution >= 0.6 is 0 Å². The van der Waals surface area contributed by atoms with Gasteiger partial charge in [0.2, 0.25) is 0 Å². The maximum atomic E-state index is 11.8. The first kappa shape index (κ1) is 11.0. The quantitative estimate of drug-likeness (QED) is 0.660. The minimum Gasteiger partial charge on any atom is -0.294 e. The van der Waals surface area contributed by atoms with Crippen molar-refractivity contribution in [3.8, 4) is 0 Å². The van der Waals surface area contributed by atoms with Crippen LogP contribution in [0.3, 0.4) is 0 Å². The van der Waals surface area contributed by atoms with Crippen LogP contribution in [-0.2, 0) is 17.3 Å². The molecule has 2 aliphatic carbocycles. The predicted molar refractivity (Wildman–Crippen MR) is 69.8 cm³/mol. The van der Waals surface area contributed by atoms with E-state index in [9.17, 15) is 4.79 Å². The summed E-state index contributed by atoms with van der Waals surface area (Å²) in [6, 6.07) is 4.50. The van der Waals surface area contributed by atoms with E-state index in [-0.39, 0.29) is 10.8 Å². The Balaban J connectivity index is 2.27. The summed E-state index contributed by atoms with van der Waals surface area (Å²) in [6.07, 6.45) is 2.82. The minimum atomic E-state index is 0.205. The topological polar surface area (TPSA) is 17.1 Å². The van der Waals surface area contributed by atoms with E-state index in [0.717, 1.165) is 12.0 Å². The number of carbonyl (C=O) groups excluding carboxylic acids is 1. The summed E-state index contributed by atoms with van der Waals surface area (Å²) in [5.74, 6) is 0.336. The average Bonchev–Trinajstić information content (AvgIpc) is 2.64. The molecule has 0 bridgehead atoms. The Kier molecular flexibility index (Phi) is 1.95. The Morgan fingerprint density at radius 3 is 2.18 bits per heavy atom. The fourth-order valence-electron chi connectivity index (χ4n) is 3.91. The van der Waals surface area contributed by atoms with Gasteiger partial charge in [0.25, 0.3) is 0 Å². The Hall–Kier alpha value is -1.11. The van der Waals surface area contributed by atoms with Gasteiger partial charge in [0.05, 0.1) is 0 Å². The molecule has 0 aliphatic heterocycles. The molecule has 0 aromatic heterocycles. The molecule has 0 fully saturated rings. The van der Waals surface area contributed by atoms with Crippen LogP contribution < -0.4 is 0 Å². The highest BCUT2D eigenvalue weighted by atomic mass is 16.1. The smallest absolute Gasteiger partial charge is 0.163 e. The van der Waals surface area contributed by atoms with Crippen LogP contribution in [0.5, 0.6) is 0 Å². The Bertz CT molecular complexity index is 521. The van der Waals surface area contributed by atoms with Crippen LogP contribution in [0.2, 0.25) is 0 Å². The third-order valence-electron chi connectivity index (χ3n) is 4.51. The molecular formula is C16H20O. The van der Waals surface area contributed by atoms with E-state index in [2.05, 4.69) is 39.8 Å². The number of carbonyl (C=O) groups is 1. The van der Waals surface area contributed by atoms with Crippen molar-refractivity contribution in [2.45, 2.75) is 57.8 Å². The van der Waals surface area contributed by atoms with E-state index in [4.69, 9.17) is 0 Å². The molecule has 0 heterocycles. The van der Waals surface area contributed by atoms with Gasteiger partial charge in [0, 0.05) is 12.0 Å². The molecule has 3 rings (SSSR count). The van der Waals surface area contributed by atoms with Crippen molar-refractivity contribution in [2.24, 2.45) is 0 Å². The molecule has 0 amide bonds. The van der Waals surface area contributed by atoms with Gasteiger partial charge in [-0.15, -0.1) is 0 Å². The average molecular weight is 228 g/mol. The molecule has 1 heteroatoms. The molecule has 0 unspecified atom stereocenters. The molecule has 0 spiro atoms. The monoisotopic (exact) mass is 228 g/mol. The second kappa shape index (κ2) is 3.01. The lowest BCUT2D eigenvalue weighted by Crippen LogP contribution is -2.18. The van der Waals surface area contributed by atoms with Crippen molar-refractivity contribution in [3.63, 3.8) is 0 Å². The van der Waals surface area contributed by atoms with Crippen molar-refractivity contribution in [3.05, 3.63) is 34.4 Å². The lowest BCUT2D eigenvalue weighted by Gasteiger charge is -2.22. The molecule has 0 radical (unpaired) electrons. The number of hydrogen-bond acceptors (Lipinski definition) is 1. The number of benzene rings is 1. The maximum absolute atomic E-state index is 11.8. The standard InChI is InChI=1S/C16H20O/c1-15(2)9-16(3,4)13-8-11-10(7-12(13)15)5-6-14(11)17/h7-8H,5-6,9H2,1-4H3. The van der Waals surface area contributed by atoms with Gasteiger partial charge in [0.1, 0.15) is 0 Å². The zero-order valence-electron chi connectivity index (χ0n) is 11.2. The van der Waals surface area contributed by atoms with Gasteiger partial charge < -0.3 is 0 Å². The molecular weight excluding hydrogens is 208 g/mol. The predicted octanol–water partition coefficient (Wildman–Crippen LogP) is 3.77. The highest BCUT2D eigenvalue weighted by Gasteiger charge is 2.43. The van der Waals surface area contributed by atoms with Crippen LogP contribution in [0.25, 0.3) is 0 Å². The number of hydrogen-bond donors (Lipinski definition) is 0. The van der Waals surface area contributed by atoms with Gasteiger partial charge >= 0.3 is 0 Å². The number of aryl methyl sites for hydroxylation is 1. The van der Waals surface area contributed by atoms with Gasteiger partial charge in [-0.05, 0) is 46.4 Å². The van der Waals surface area contributed by atoms with Crippen LogP contribution in [0.15, 0.2) is 12.1 Å². The molecule has 2 aliphatic rings. The summed E-state index contributed by atoms with van der Waals surface area (Å²) in [5, 5.41) is 0.